The molecule has 0 radical (unpaired) electrons. The molecule has 0 aliphatic rings. The van der Waals surface area contributed by atoms with E-state index in [0.29, 0.717) is 5.75 Å². The first kappa shape index (κ1) is 23.3. The highest BCUT2D eigenvalue weighted by atomic mass is 19.4. The number of alkyl halides is 3. The quantitative estimate of drug-likeness (QED) is 0.371. The van der Waals surface area contributed by atoms with Crippen molar-refractivity contribution in [1.82, 2.24) is 4.90 Å². The maximum Gasteiger partial charge on any atom is 0.416 e. The average molecular weight is 408 g/mol. The second-order valence-electron chi connectivity index (χ2n) is 7.38. The Morgan fingerprint density at radius 1 is 0.828 bits per heavy atom. The van der Waals surface area contributed by atoms with Gasteiger partial charge in [0.25, 0.3) is 0 Å². The Kier molecular flexibility index (Phi) is 9.52. The first-order valence-electron chi connectivity index (χ1n) is 10.5. The molecule has 2 rings (SSSR count). The van der Waals surface area contributed by atoms with Crippen molar-refractivity contribution in [3.8, 4) is 5.75 Å². The normalized spacial score (nSPS) is 12.9. The van der Waals surface area contributed by atoms with E-state index in [2.05, 4.69) is 18.7 Å². The number of halogens is 3. The molecular weight excluding hydrogens is 375 g/mol. The van der Waals surface area contributed by atoms with Gasteiger partial charge in [-0.05, 0) is 55.8 Å². The fraction of sp³-hybridized carbons (Fsp3) is 0.500. The third kappa shape index (κ3) is 8.09. The molecule has 0 bridgehead atoms. The Hall–Kier alpha value is -2.01. The van der Waals surface area contributed by atoms with Crippen molar-refractivity contribution in [2.45, 2.75) is 58.2 Å². The second-order valence-corrected chi connectivity index (χ2v) is 7.38. The van der Waals surface area contributed by atoms with Crippen molar-refractivity contribution in [3.05, 3.63) is 65.7 Å². The Bertz CT molecular complexity index is 678. The summed E-state index contributed by atoms with van der Waals surface area (Å²) in [5.41, 5.74) is 0.379. The number of unbranched alkanes of at least 4 members (excludes halogenated alkanes) is 2. The van der Waals surface area contributed by atoms with Crippen molar-refractivity contribution in [2.24, 2.45) is 0 Å². The number of hydrogen-bond donors (Lipinski definition) is 0. The van der Waals surface area contributed by atoms with Crippen molar-refractivity contribution in [3.63, 3.8) is 0 Å². The standard InChI is InChI=1S/C24H32F3NO/c1-3-5-17-28(18-6-4-2)19-16-23(20-10-8-7-9-11-20)29-22-14-12-21(13-15-22)24(25,26)27/h7-15,23H,3-6,16-19H2,1-2H3. The van der Waals surface area contributed by atoms with Crippen LogP contribution < -0.4 is 4.74 Å². The van der Waals surface area contributed by atoms with Crippen LogP contribution in [0.15, 0.2) is 54.6 Å². The van der Waals surface area contributed by atoms with Crippen LogP contribution in [-0.2, 0) is 6.18 Å². The minimum absolute atomic E-state index is 0.196. The Morgan fingerprint density at radius 3 is 1.93 bits per heavy atom. The van der Waals surface area contributed by atoms with Gasteiger partial charge in [0.2, 0.25) is 0 Å². The zero-order valence-corrected chi connectivity index (χ0v) is 17.4. The Balaban J connectivity index is 2.09. The molecule has 2 nitrogen and oxygen atoms in total. The lowest BCUT2D eigenvalue weighted by molar-refractivity contribution is -0.137. The summed E-state index contributed by atoms with van der Waals surface area (Å²) in [5.74, 6) is 0.459. The van der Waals surface area contributed by atoms with Crippen LogP contribution >= 0.6 is 0 Å². The van der Waals surface area contributed by atoms with Crippen LogP contribution in [0.1, 0.15) is 63.2 Å². The molecule has 0 aliphatic carbocycles. The van der Waals surface area contributed by atoms with Gasteiger partial charge in [0.05, 0.1) is 5.56 Å². The van der Waals surface area contributed by atoms with Gasteiger partial charge in [0.1, 0.15) is 11.9 Å². The zero-order valence-electron chi connectivity index (χ0n) is 17.4. The first-order chi connectivity index (χ1) is 13.9. The maximum atomic E-state index is 12.8. The number of ether oxygens (including phenoxy) is 1. The van der Waals surface area contributed by atoms with Gasteiger partial charge in [0, 0.05) is 13.0 Å². The number of benzene rings is 2. The molecule has 5 heteroatoms. The number of hydrogen-bond acceptors (Lipinski definition) is 2. The lowest BCUT2D eigenvalue weighted by Crippen LogP contribution is -2.29. The minimum Gasteiger partial charge on any atom is -0.486 e. The van der Waals surface area contributed by atoms with E-state index in [4.69, 9.17) is 4.74 Å². The molecule has 2 aromatic rings. The molecule has 1 unspecified atom stereocenters. The smallest absolute Gasteiger partial charge is 0.416 e. The second kappa shape index (κ2) is 11.9. The van der Waals surface area contributed by atoms with Crippen LogP contribution in [-0.4, -0.2) is 24.5 Å². The predicted octanol–water partition coefficient (Wildman–Crippen LogP) is 7.12. The molecule has 2 aromatic carbocycles. The summed E-state index contributed by atoms with van der Waals surface area (Å²) in [7, 11) is 0. The van der Waals surface area contributed by atoms with Gasteiger partial charge in [-0.3, -0.25) is 0 Å². The van der Waals surface area contributed by atoms with E-state index in [1.807, 2.05) is 30.3 Å². The predicted molar refractivity (Wildman–Crippen MR) is 112 cm³/mol. The molecule has 0 N–H and O–H groups in total. The van der Waals surface area contributed by atoms with Gasteiger partial charge in [0.15, 0.2) is 0 Å². The van der Waals surface area contributed by atoms with Crippen molar-refractivity contribution >= 4 is 0 Å². The van der Waals surface area contributed by atoms with Crippen LogP contribution in [0.3, 0.4) is 0 Å². The van der Waals surface area contributed by atoms with Gasteiger partial charge < -0.3 is 9.64 Å². The zero-order chi connectivity index (χ0) is 21.1. The Morgan fingerprint density at radius 2 is 1.41 bits per heavy atom. The minimum atomic E-state index is -4.34. The maximum absolute atomic E-state index is 12.8. The van der Waals surface area contributed by atoms with E-state index in [-0.39, 0.29) is 6.10 Å². The van der Waals surface area contributed by atoms with Crippen LogP contribution in [0.5, 0.6) is 5.75 Å². The molecule has 0 aliphatic heterocycles. The largest absolute Gasteiger partial charge is 0.486 e. The van der Waals surface area contributed by atoms with Gasteiger partial charge in [-0.2, -0.15) is 13.2 Å². The van der Waals surface area contributed by atoms with E-state index in [1.54, 1.807) is 0 Å². The van der Waals surface area contributed by atoms with E-state index in [9.17, 15) is 13.2 Å². The summed E-state index contributed by atoms with van der Waals surface area (Å²) in [4.78, 5) is 2.47. The summed E-state index contributed by atoms with van der Waals surface area (Å²) in [6.45, 7) is 7.42. The molecule has 0 aromatic heterocycles. The Labute approximate surface area is 172 Å². The topological polar surface area (TPSA) is 12.5 Å². The van der Waals surface area contributed by atoms with Crippen LogP contribution in [0, 0.1) is 0 Å². The molecule has 0 heterocycles. The third-order valence-corrected chi connectivity index (χ3v) is 4.99. The van der Waals surface area contributed by atoms with Crippen LogP contribution in [0.25, 0.3) is 0 Å². The molecule has 0 amide bonds. The highest BCUT2D eigenvalue weighted by molar-refractivity contribution is 5.30. The van der Waals surface area contributed by atoms with Gasteiger partial charge in [-0.1, -0.05) is 57.0 Å². The summed E-state index contributed by atoms with van der Waals surface area (Å²) in [6.07, 6.45) is 0.909. The lowest BCUT2D eigenvalue weighted by Gasteiger charge is -2.26. The van der Waals surface area contributed by atoms with Gasteiger partial charge in [-0.25, -0.2) is 0 Å². The fourth-order valence-corrected chi connectivity index (χ4v) is 3.25. The number of nitrogens with zero attached hydrogens (tertiary/aromatic N) is 1. The summed E-state index contributed by atoms with van der Waals surface area (Å²) >= 11 is 0. The molecule has 160 valence electrons. The third-order valence-electron chi connectivity index (χ3n) is 4.99. The molecule has 29 heavy (non-hydrogen) atoms. The van der Waals surface area contributed by atoms with E-state index in [0.717, 1.165) is 56.6 Å². The number of rotatable bonds is 12. The molecule has 1 atom stereocenters. The van der Waals surface area contributed by atoms with E-state index >= 15 is 0 Å². The van der Waals surface area contributed by atoms with E-state index < -0.39 is 11.7 Å². The molecule has 0 spiro atoms. The molecule has 0 fully saturated rings. The highest BCUT2D eigenvalue weighted by Crippen LogP contribution is 2.32. The van der Waals surface area contributed by atoms with Crippen LogP contribution in [0.4, 0.5) is 13.2 Å². The van der Waals surface area contributed by atoms with Gasteiger partial charge in [-0.15, -0.1) is 0 Å². The van der Waals surface area contributed by atoms with Gasteiger partial charge >= 0.3 is 6.18 Å². The monoisotopic (exact) mass is 407 g/mol. The van der Waals surface area contributed by atoms with Crippen molar-refractivity contribution in [1.29, 1.82) is 0 Å². The fourth-order valence-electron chi connectivity index (χ4n) is 3.25. The SMILES string of the molecule is CCCCN(CCCC)CCC(Oc1ccc(C(F)(F)F)cc1)c1ccccc1. The highest BCUT2D eigenvalue weighted by Gasteiger charge is 2.30. The van der Waals surface area contributed by atoms with Crippen LogP contribution in [0.2, 0.25) is 0 Å². The first-order valence-corrected chi connectivity index (χ1v) is 10.5. The van der Waals surface area contributed by atoms with Crippen molar-refractivity contribution < 1.29 is 17.9 Å². The lowest BCUT2D eigenvalue weighted by atomic mass is 10.1. The summed E-state index contributed by atoms with van der Waals surface area (Å²) in [5, 5.41) is 0. The molecular formula is C24H32F3NO. The summed E-state index contributed by atoms with van der Waals surface area (Å²) in [6, 6.07) is 14.9. The van der Waals surface area contributed by atoms with E-state index in [1.165, 1.54) is 25.0 Å². The molecule has 0 saturated heterocycles. The van der Waals surface area contributed by atoms with Crippen molar-refractivity contribution in [2.75, 3.05) is 19.6 Å². The summed E-state index contributed by atoms with van der Waals surface area (Å²) < 4.78 is 44.6. The average Bonchev–Trinajstić information content (AvgIpc) is 2.72. The molecule has 0 saturated carbocycles.